The minimum atomic E-state index is -0.208. The smallest absolute Gasteiger partial charge is 0.230 e. The fourth-order valence-corrected chi connectivity index (χ4v) is 2.77. The van der Waals surface area contributed by atoms with Crippen LogP contribution in [-0.2, 0) is 0 Å². The normalized spacial score (nSPS) is 10.7. The lowest BCUT2D eigenvalue weighted by Crippen LogP contribution is -2.11. The number of rotatable bonds is 4. The van der Waals surface area contributed by atoms with E-state index in [1.807, 2.05) is 60.7 Å². The Labute approximate surface area is 155 Å². The molecule has 4 nitrogen and oxygen atoms in total. The molecule has 0 aliphatic heterocycles. The third kappa shape index (κ3) is 3.15. The van der Waals surface area contributed by atoms with Crippen molar-refractivity contribution >= 4 is 17.4 Å². The van der Waals surface area contributed by atoms with Crippen molar-refractivity contribution in [2.45, 2.75) is 0 Å². The number of ketones is 1. The van der Waals surface area contributed by atoms with Crippen LogP contribution in [0.2, 0.25) is 5.02 Å². The number of aromatic nitrogens is 3. The monoisotopic (exact) mass is 359 g/mol. The van der Waals surface area contributed by atoms with Crippen LogP contribution in [0.25, 0.3) is 17.1 Å². The van der Waals surface area contributed by atoms with Gasteiger partial charge in [-0.1, -0.05) is 60.1 Å². The van der Waals surface area contributed by atoms with Crippen LogP contribution in [0.1, 0.15) is 16.2 Å². The van der Waals surface area contributed by atoms with E-state index in [2.05, 4.69) is 10.1 Å². The highest BCUT2D eigenvalue weighted by molar-refractivity contribution is 6.30. The quantitative estimate of drug-likeness (QED) is 0.491. The van der Waals surface area contributed by atoms with Crippen LogP contribution < -0.4 is 0 Å². The Kier molecular flexibility index (Phi) is 4.33. The molecule has 0 aliphatic carbocycles. The summed E-state index contributed by atoms with van der Waals surface area (Å²) in [6, 6.07) is 25.9. The van der Waals surface area contributed by atoms with Gasteiger partial charge in [-0.25, -0.2) is 9.67 Å². The van der Waals surface area contributed by atoms with Crippen molar-refractivity contribution in [1.29, 1.82) is 0 Å². The van der Waals surface area contributed by atoms with Gasteiger partial charge in [-0.3, -0.25) is 4.79 Å². The van der Waals surface area contributed by atoms with Crippen LogP contribution in [0.15, 0.2) is 84.9 Å². The average Bonchev–Trinajstić information content (AvgIpc) is 3.15. The van der Waals surface area contributed by atoms with Gasteiger partial charge in [0.2, 0.25) is 11.6 Å². The van der Waals surface area contributed by atoms with Gasteiger partial charge in [0.05, 0.1) is 5.69 Å². The molecule has 0 bridgehead atoms. The number of benzene rings is 3. The third-order valence-electron chi connectivity index (χ3n) is 3.95. The van der Waals surface area contributed by atoms with Crippen LogP contribution in [0.3, 0.4) is 0 Å². The van der Waals surface area contributed by atoms with Crippen molar-refractivity contribution in [2.24, 2.45) is 0 Å². The Morgan fingerprint density at radius 1 is 0.808 bits per heavy atom. The molecule has 4 aromatic rings. The average molecular weight is 360 g/mol. The lowest BCUT2D eigenvalue weighted by atomic mass is 10.1. The van der Waals surface area contributed by atoms with E-state index in [4.69, 9.17) is 11.6 Å². The second kappa shape index (κ2) is 6.94. The molecule has 0 radical (unpaired) electrons. The number of para-hydroxylation sites is 1. The van der Waals surface area contributed by atoms with E-state index in [-0.39, 0.29) is 11.6 Å². The van der Waals surface area contributed by atoms with E-state index < -0.39 is 0 Å². The number of hydrogen-bond acceptors (Lipinski definition) is 3. The van der Waals surface area contributed by atoms with Gasteiger partial charge < -0.3 is 0 Å². The summed E-state index contributed by atoms with van der Waals surface area (Å²) in [6.07, 6.45) is 0. The zero-order chi connectivity index (χ0) is 17.9. The number of carbonyl (C=O) groups excluding carboxylic acids is 1. The van der Waals surface area contributed by atoms with Crippen molar-refractivity contribution < 1.29 is 4.79 Å². The van der Waals surface area contributed by atoms with E-state index in [9.17, 15) is 4.79 Å². The number of nitrogens with zero attached hydrogens (tertiary/aromatic N) is 3. The van der Waals surface area contributed by atoms with Crippen molar-refractivity contribution in [3.05, 3.63) is 101 Å². The van der Waals surface area contributed by atoms with E-state index >= 15 is 0 Å². The summed E-state index contributed by atoms with van der Waals surface area (Å²) in [5.41, 5.74) is 2.14. The van der Waals surface area contributed by atoms with Crippen molar-refractivity contribution in [3.63, 3.8) is 0 Å². The molecule has 4 rings (SSSR count). The van der Waals surface area contributed by atoms with Gasteiger partial charge in [0.15, 0.2) is 5.82 Å². The molecule has 0 aliphatic rings. The molecule has 0 amide bonds. The van der Waals surface area contributed by atoms with Crippen LogP contribution in [0.4, 0.5) is 0 Å². The molecule has 126 valence electrons. The molecule has 5 heteroatoms. The third-order valence-corrected chi connectivity index (χ3v) is 4.20. The summed E-state index contributed by atoms with van der Waals surface area (Å²) in [4.78, 5) is 17.6. The fraction of sp³-hybridized carbons (Fsp3) is 0. The van der Waals surface area contributed by atoms with Crippen LogP contribution in [-0.4, -0.2) is 20.5 Å². The number of carbonyl (C=O) groups is 1. The van der Waals surface area contributed by atoms with Gasteiger partial charge in [0.1, 0.15) is 0 Å². The largest absolute Gasteiger partial charge is 0.285 e. The topological polar surface area (TPSA) is 47.8 Å². The standard InChI is InChI=1S/C21H14ClN3O/c22-17-13-11-15(12-14-17)19(26)21-23-20(16-7-3-1-4-8-16)24-25(21)18-9-5-2-6-10-18/h1-14H. The molecule has 0 fully saturated rings. The fourth-order valence-electron chi connectivity index (χ4n) is 2.65. The first kappa shape index (κ1) is 16.2. The Morgan fingerprint density at radius 2 is 1.42 bits per heavy atom. The second-order valence-electron chi connectivity index (χ2n) is 5.71. The minimum absolute atomic E-state index is 0.208. The van der Waals surface area contributed by atoms with E-state index in [1.54, 1.807) is 28.9 Å². The Morgan fingerprint density at radius 3 is 2.08 bits per heavy atom. The van der Waals surface area contributed by atoms with Gasteiger partial charge in [0, 0.05) is 16.1 Å². The predicted molar refractivity (Wildman–Crippen MR) is 102 cm³/mol. The first-order valence-corrected chi connectivity index (χ1v) is 8.48. The number of halogens is 1. The zero-order valence-electron chi connectivity index (χ0n) is 13.7. The minimum Gasteiger partial charge on any atom is -0.285 e. The van der Waals surface area contributed by atoms with Gasteiger partial charge in [-0.15, -0.1) is 5.10 Å². The Bertz CT molecular complexity index is 1040. The molecule has 3 aromatic carbocycles. The van der Waals surface area contributed by atoms with Crippen molar-refractivity contribution in [2.75, 3.05) is 0 Å². The summed E-state index contributed by atoms with van der Waals surface area (Å²) in [5.74, 6) is 0.560. The maximum absolute atomic E-state index is 13.0. The predicted octanol–water partition coefficient (Wildman–Crippen LogP) is 4.82. The first-order valence-electron chi connectivity index (χ1n) is 8.10. The Balaban J connectivity index is 1.85. The van der Waals surface area contributed by atoms with Crippen LogP contribution in [0, 0.1) is 0 Å². The molecular weight excluding hydrogens is 346 g/mol. The SMILES string of the molecule is O=C(c1ccc(Cl)cc1)c1nc(-c2ccccc2)nn1-c1ccccc1. The lowest BCUT2D eigenvalue weighted by molar-refractivity contribution is 0.102. The highest BCUT2D eigenvalue weighted by atomic mass is 35.5. The van der Waals surface area contributed by atoms with Gasteiger partial charge in [-0.05, 0) is 36.4 Å². The molecule has 0 unspecified atom stereocenters. The lowest BCUT2D eigenvalue weighted by Gasteiger charge is -2.05. The highest BCUT2D eigenvalue weighted by Crippen LogP contribution is 2.21. The van der Waals surface area contributed by atoms with Gasteiger partial charge in [0.25, 0.3) is 0 Å². The molecule has 0 saturated carbocycles. The van der Waals surface area contributed by atoms with E-state index in [0.717, 1.165) is 11.3 Å². The summed E-state index contributed by atoms with van der Waals surface area (Å²) < 4.78 is 1.58. The zero-order valence-corrected chi connectivity index (χ0v) is 14.5. The van der Waals surface area contributed by atoms with Crippen LogP contribution in [0.5, 0.6) is 0 Å². The molecule has 0 spiro atoms. The molecule has 1 heterocycles. The second-order valence-corrected chi connectivity index (χ2v) is 6.14. The van der Waals surface area contributed by atoms with Crippen molar-refractivity contribution in [1.82, 2.24) is 14.8 Å². The van der Waals surface area contributed by atoms with E-state index in [1.165, 1.54) is 0 Å². The van der Waals surface area contributed by atoms with E-state index in [0.29, 0.717) is 16.4 Å². The summed E-state index contributed by atoms with van der Waals surface area (Å²) >= 11 is 5.93. The van der Waals surface area contributed by atoms with Gasteiger partial charge >= 0.3 is 0 Å². The summed E-state index contributed by atoms with van der Waals surface area (Å²) in [5, 5.41) is 5.15. The molecule has 0 N–H and O–H groups in total. The molecular formula is C21H14ClN3O. The maximum atomic E-state index is 13.0. The Hall–Kier alpha value is -3.24. The molecule has 0 saturated heterocycles. The molecule has 1 aromatic heterocycles. The summed E-state index contributed by atoms with van der Waals surface area (Å²) in [7, 11) is 0. The highest BCUT2D eigenvalue weighted by Gasteiger charge is 2.20. The molecule has 26 heavy (non-hydrogen) atoms. The maximum Gasteiger partial charge on any atom is 0.230 e. The summed E-state index contributed by atoms with van der Waals surface area (Å²) in [6.45, 7) is 0. The molecule has 0 atom stereocenters. The number of hydrogen-bond donors (Lipinski definition) is 0. The first-order chi connectivity index (χ1) is 12.7. The van der Waals surface area contributed by atoms with Gasteiger partial charge in [-0.2, -0.15) is 0 Å². The van der Waals surface area contributed by atoms with Crippen LogP contribution >= 0.6 is 11.6 Å². The van der Waals surface area contributed by atoms with Crippen molar-refractivity contribution in [3.8, 4) is 17.1 Å².